The molecule has 0 atom stereocenters. The van der Waals surface area contributed by atoms with Gasteiger partial charge in [-0.25, -0.2) is 0 Å². The standard InChI is InChI=1S/C11H14N2/c1-13(2)11-4-3-10-8-12-6-5-9(10)7-11/h3-7,12H,8H2,1-2H3. The van der Waals surface area contributed by atoms with Crippen molar-refractivity contribution < 1.29 is 0 Å². The Hall–Kier alpha value is -1.44. The maximum Gasteiger partial charge on any atom is 0.0401 e. The van der Waals surface area contributed by atoms with Crippen LogP contribution in [0.4, 0.5) is 5.69 Å². The fourth-order valence-electron chi connectivity index (χ4n) is 1.49. The van der Waals surface area contributed by atoms with Crippen molar-refractivity contribution in [3.8, 4) is 0 Å². The normalized spacial score (nSPS) is 13.4. The van der Waals surface area contributed by atoms with E-state index in [0.717, 1.165) is 6.54 Å². The van der Waals surface area contributed by atoms with Gasteiger partial charge in [-0.1, -0.05) is 6.07 Å². The quantitative estimate of drug-likeness (QED) is 0.698. The lowest BCUT2D eigenvalue weighted by Gasteiger charge is -2.17. The zero-order chi connectivity index (χ0) is 9.26. The van der Waals surface area contributed by atoms with E-state index in [1.54, 1.807) is 0 Å². The molecule has 0 saturated heterocycles. The maximum atomic E-state index is 3.20. The summed E-state index contributed by atoms with van der Waals surface area (Å²) in [6.45, 7) is 0.944. The molecule has 1 aromatic carbocycles. The number of nitrogens with zero attached hydrogens (tertiary/aromatic N) is 1. The van der Waals surface area contributed by atoms with Crippen LogP contribution in [-0.2, 0) is 6.54 Å². The van der Waals surface area contributed by atoms with E-state index < -0.39 is 0 Å². The summed E-state index contributed by atoms with van der Waals surface area (Å²) < 4.78 is 0. The van der Waals surface area contributed by atoms with Crippen LogP contribution < -0.4 is 10.2 Å². The lowest BCUT2D eigenvalue weighted by Crippen LogP contribution is -2.12. The minimum absolute atomic E-state index is 0.944. The molecule has 1 N–H and O–H groups in total. The molecule has 2 rings (SSSR count). The summed E-state index contributed by atoms with van der Waals surface area (Å²) in [5.74, 6) is 0. The fourth-order valence-corrected chi connectivity index (χ4v) is 1.49. The number of benzene rings is 1. The van der Waals surface area contributed by atoms with Gasteiger partial charge in [-0.3, -0.25) is 0 Å². The molecule has 0 saturated carbocycles. The Morgan fingerprint density at radius 2 is 2.15 bits per heavy atom. The molecular formula is C11H14N2. The van der Waals surface area contributed by atoms with Crippen LogP contribution in [0.1, 0.15) is 11.1 Å². The largest absolute Gasteiger partial charge is 0.387 e. The summed E-state index contributed by atoms with van der Waals surface area (Å²) >= 11 is 0. The summed E-state index contributed by atoms with van der Waals surface area (Å²) in [5.41, 5.74) is 3.95. The average Bonchev–Trinajstić information content (AvgIpc) is 2.17. The van der Waals surface area contributed by atoms with Gasteiger partial charge in [0, 0.05) is 26.3 Å². The van der Waals surface area contributed by atoms with E-state index in [4.69, 9.17) is 0 Å². The third-order valence-corrected chi connectivity index (χ3v) is 2.32. The highest BCUT2D eigenvalue weighted by Gasteiger charge is 2.04. The average molecular weight is 174 g/mol. The van der Waals surface area contributed by atoms with Crippen molar-refractivity contribution in [1.29, 1.82) is 0 Å². The van der Waals surface area contributed by atoms with Crippen molar-refractivity contribution >= 4 is 11.8 Å². The number of anilines is 1. The van der Waals surface area contributed by atoms with E-state index in [2.05, 4.69) is 48.6 Å². The first-order chi connectivity index (χ1) is 6.27. The predicted molar refractivity (Wildman–Crippen MR) is 56.6 cm³/mol. The van der Waals surface area contributed by atoms with Crippen molar-refractivity contribution in [3.05, 3.63) is 35.5 Å². The van der Waals surface area contributed by atoms with Gasteiger partial charge in [0.15, 0.2) is 0 Å². The Kier molecular flexibility index (Phi) is 1.97. The van der Waals surface area contributed by atoms with Crippen LogP contribution in [-0.4, -0.2) is 14.1 Å². The molecule has 2 nitrogen and oxygen atoms in total. The molecule has 0 aromatic heterocycles. The van der Waals surface area contributed by atoms with Gasteiger partial charge >= 0.3 is 0 Å². The van der Waals surface area contributed by atoms with Gasteiger partial charge in [-0.2, -0.15) is 0 Å². The zero-order valence-corrected chi connectivity index (χ0v) is 8.04. The van der Waals surface area contributed by atoms with Gasteiger partial charge in [-0.15, -0.1) is 0 Å². The Balaban J connectivity index is 2.43. The monoisotopic (exact) mass is 174 g/mol. The number of fused-ring (bicyclic) bond motifs is 1. The van der Waals surface area contributed by atoms with Gasteiger partial charge < -0.3 is 10.2 Å². The predicted octanol–water partition coefficient (Wildman–Crippen LogP) is 1.83. The van der Waals surface area contributed by atoms with Crippen LogP contribution in [0.25, 0.3) is 6.08 Å². The lowest BCUT2D eigenvalue weighted by molar-refractivity contribution is 0.858. The Morgan fingerprint density at radius 3 is 2.92 bits per heavy atom. The third kappa shape index (κ3) is 1.52. The smallest absolute Gasteiger partial charge is 0.0401 e. The third-order valence-electron chi connectivity index (χ3n) is 2.32. The Labute approximate surface area is 78.9 Å². The molecule has 0 amide bonds. The molecule has 0 fully saturated rings. The maximum absolute atomic E-state index is 3.20. The van der Waals surface area contributed by atoms with E-state index in [1.165, 1.54) is 16.8 Å². The van der Waals surface area contributed by atoms with E-state index in [0.29, 0.717) is 0 Å². The van der Waals surface area contributed by atoms with E-state index in [-0.39, 0.29) is 0 Å². The first-order valence-electron chi connectivity index (χ1n) is 4.47. The van der Waals surface area contributed by atoms with Gasteiger partial charge in [0.2, 0.25) is 0 Å². The van der Waals surface area contributed by atoms with Crippen LogP contribution in [0.15, 0.2) is 24.4 Å². The number of hydrogen-bond donors (Lipinski definition) is 1. The highest BCUT2D eigenvalue weighted by molar-refractivity contribution is 5.62. The molecule has 1 heterocycles. The van der Waals surface area contributed by atoms with Crippen LogP contribution in [0.5, 0.6) is 0 Å². The molecule has 0 aliphatic carbocycles. The molecule has 0 bridgehead atoms. The van der Waals surface area contributed by atoms with E-state index >= 15 is 0 Å². The number of nitrogens with one attached hydrogen (secondary N) is 1. The number of rotatable bonds is 1. The second-order valence-electron chi connectivity index (χ2n) is 3.49. The van der Waals surface area contributed by atoms with Crippen molar-refractivity contribution in [2.45, 2.75) is 6.54 Å². The Morgan fingerprint density at radius 1 is 1.31 bits per heavy atom. The molecule has 0 radical (unpaired) electrons. The minimum atomic E-state index is 0.944. The summed E-state index contributed by atoms with van der Waals surface area (Å²) in [6.07, 6.45) is 4.12. The highest BCUT2D eigenvalue weighted by Crippen LogP contribution is 2.20. The molecule has 2 heteroatoms. The fraction of sp³-hybridized carbons (Fsp3) is 0.273. The molecule has 1 aromatic rings. The van der Waals surface area contributed by atoms with Crippen LogP contribution >= 0.6 is 0 Å². The second kappa shape index (κ2) is 3.13. The molecule has 1 aliphatic rings. The van der Waals surface area contributed by atoms with Gasteiger partial charge in [0.1, 0.15) is 0 Å². The van der Waals surface area contributed by atoms with Gasteiger partial charge in [0.05, 0.1) is 0 Å². The van der Waals surface area contributed by atoms with Crippen molar-refractivity contribution in [3.63, 3.8) is 0 Å². The van der Waals surface area contributed by atoms with Crippen molar-refractivity contribution in [2.24, 2.45) is 0 Å². The summed E-state index contributed by atoms with van der Waals surface area (Å²) in [4.78, 5) is 2.12. The molecule has 13 heavy (non-hydrogen) atoms. The van der Waals surface area contributed by atoms with E-state index in [1.807, 2.05) is 6.20 Å². The molecule has 0 unspecified atom stereocenters. The SMILES string of the molecule is CN(C)c1ccc2c(c1)C=CNC2. The van der Waals surface area contributed by atoms with Crippen molar-refractivity contribution in [2.75, 3.05) is 19.0 Å². The molecular weight excluding hydrogens is 160 g/mol. The Bertz CT molecular complexity index is 340. The minimum Gasteiger partial charge on any atom is -0.387 e. The first-order valence-corrected chi connectivity index (χ1v) is 4.47. The molecule has 1 aliphatic heterocycles. The summed E-state index contributed by atoms with van der Waals surface area (Å²) in [7, 11) is 4.12. The lowest BCUT2D eigenvalue weighted by atomic mass is 10.0. The number of hydrogen-bond acceptors (Lipinski definition) is 2. The molecule has 68 valence electrons. The second-order valence-corrected chi connectivity index (χ2v) is 3.49. The highest BCUT2D eigenvalue weighted by atomic mass is 15.1. The van der Waals surface area contributed by atoms with E-state index in [9.17, 15) is 0 Å². The van der Waals surface area contributed by atoms with Gasteiger partial charge in [0.25, 0.3) is 0 Å². The summed E-state index contributed by atoms with van der Waals surface area (Å²) in [5, 5.41) is 3.20. The van der Waals surface area contributed by atoms with Crippen LogP contribution in [0.2, 0.25) is 0 Å². The topological polar surface area (TPSA) is 15.3 Å². The van der Waals surface area contributed by atoms with Crippen LogP contribution in [0.3, 0.4) is 0 Å². The summed E-state index contributed by atoms with van der Waals surface area (Å²) in [6, 6.07) is 6.55. The van der Waals surface area contributed by atoms with Crippen LogP contribution in [0, 0.1) is 0 Å². The van der Waals surface area contributed by atoms with Gasteiger partial charge in [-0.05, 0) is 35.5 Å². The zero-order valence-electron chi connectivity index (χ0n) is 8.04. The molecule has 0 spiro atoms. The first kappa shape index (κ1) is 8.17. The van der Waals surface area contributed by atoms with Crippen molar-refractivity contribution in [1.82, 2.24) is 5.32 Å².